The second kappa shape index (κ2) is 7.37. The SMILES string of the molecule is CCCCN1C(=O)c2ccc(NC(=O)C3COc4ccccc4O3)c3cccc1c23. The molecular formula is C24H22N2O4. The van der Waals surface area contributed by atoms with Crippen molar-refractivity contribution in [3.8, 4) is 11.5 Å². The summed E-state index contributed by atoms with van der Waals surface area (Å²) in [5, 5.41) is 4.71. The summed E-state index contributed by atoms with van der Waals surface area (Å²) < 4.78 is 11.5. The number of rotatable bonds is 5. The first-order valence-corrected chi connectivity index (χ1v) is 10.2. The Labute approximate surface area is 174 Å². The Morgan fingerprint density at radius 1 is 1.10 bits per heavy atom. The van der Waals surface area contributed by atoms with E-state index in [1.165, 1.54) is 0 Å². The lowest BCUT2D eigenvalue weighted by Gasteiger charge is -2.25. The average Bonchev–Trinajstić information content (AvgIpc) is 3.06. The van der Waals surface area contributed by atoms with Gasteiger partial charge in [0, 0.05) is 28.6 Å². The van der Waals surface area contributed by atoms with Crippen LogP contribution in [0, 0.1) is 0 Å². The van der Waals surface area contributed by atoms with Crippen LogP contribution in [0.5, 0.6) is 11.5 Å². The van der Waals surface area contributed by atoms with Gasteiger partial charge in [-0.2, -0.15) is 0 Å². The largest absolute Gasteiger partial charge is 0.485 e. The molecule has 152 valence electrons. The van der Waals surface area contributed by atoms with E-state index in [-0.39, 0.29) is 18.4 Å². The van der Waals surface area contributed by atoms with E-state index in [0.717, 1.165) is 29.3 Å². The number of carbonyl (C=O) groups is 2. The number of ether oxygens (including phenoxy) is 2. The van der Waals surface area contributed by atoms with E-state index in [0.29, 0.717) is 29.3 Å². The minimum atomic E-state index is -0.745. The van der Waals surface area contributed by atoms with Crippen LogP contribution >= 0.6 is 0 Å². The predicted molar refractivity (Wildman–Crippen MR) is 116 cm³/mol. The van der Waals surface area contributed by atoms with Crippen molar-refractivity contribution in [3.63, 3.8) is 0 Å². The van der Waals surface area contributed by atoms with Gasteiger partial charge in [-0.25, -0.2) is 0 Å². The van der Waals surface area contributed by atoms with E-state index in [9.17, 15) is 9.59 Å². The maximum atomic E-state index is 12.9. The average molecular weight is 402 g/mol. The van der Waals surface area contributed by atoms with E-state index in [4.69, 9.17) is 9.47 Å². The third-order valence-corrected chi connectivity index (χ3v) is 5.58. The first kappa shape index (κ1) is 18.5. The maximum absolute atomic E-state index is 12.9. The Morgan fingerprint density at radius 2 is 1.93 bits per heavy atom. The fourth-order valence-electron chi connectivity index (χ4n) is 4.05. The van der Waals surface area contributed by atoms with Crippen molar-refractivity contribution in [2.45, 2.75) is 25.9 Å². The highest BCUT2D eigenvalue weighted by atomic mass is 16.6. The second-order valence-electron chi connectivity index (χ2n) is 7.52. The van der Waals surface area contributed by atoms with Crippen molar-refractivity contribution in [2.75, 3.05) is 23.4 Å². The van der Waals surface area contributed by atoms with Crippen LogP contribution in [0.25, 0.3) is 10.8 Å². The lowest BCUT2D eigenvalue weighted by atomic mass is 10.0. The smallest absolute Gasteiger partial charge is 0.269 e. The van der Waals surface area contributed by atoms with Crippen molar-refractivity contribution < 1.29 is 19.1 Å². The number of nitrogens with zero attached hydrogens (tertiary/aromatic N) is 1. The summed E-state index contributed by atoms with van der Waals surface area (Å²) in [4.78, 5) is 27.6. The highest BCUT2D eigenvalue weighted by molar-refractivity contribution is 6.27. The van der Waals surface area contributed by atoms with Gasteiger partial charge in [0.1, 0.15) is 6.61 Å². The summed E-state index contributed by atoms with van der Waals surface area (Å²) in [6.07, 6.45) is 1.22. The number of hydrogen-bond acceptors (Lipinski definition) is 4. The van der Waals surface area contributed by atoms with Gasteiger partial charge in [-0.3, -0.25) is 9.59 Å². The number of amides is 2. The molecule has 0 aliphatic carbocycles. The molecule has 2 heterocycles. The summed E-state index contributed by atoms with van der Waals surface area (Å²) >= 11 is 0. The van der Waals surface area contributed by atoms with E-state index in [2.05, 4.69) is 12.2 Å². The lowest BCUT2D eigenvalue weighted by Crippen LogP contribution is -2.40. The van der Waals surface area contributed by atoms with Crippen LogP contribution in [-0.2, 0) is 4.79 Å². The number of unbranched alkanes of at least 4 members (excludes halogenated alkanes) is 1. The number of anilines is 2. The highest BCUT2D eigenvalue weighted by Gasteiger charge is 2.31. The Balaban J connectivity index is 1.43. The van der Waals surface area contributed by atoms with Crippen molar-refractivity contribution in [1.82, 2.24) is 0 Å². The van der Waals surface area contributed by atoms with Crippen molar-refractivity contribution in [3.05, 3.63) is 60.2 Å². The molecule has 2 aliphatic rings. The molecule has 0 radical (unpaired) electrons. The van der Waals surface area contributed by atoms with Crippen LogP contribution < -0.4 is 19.7 Å². The van der Waals surface area contributed by atoms with Crippen molar-refractivity contribution in [2.24, 2.45) is 0 Å². The maximum Gasteiger partial charge on any atom is 0.269 e. The molecule has 0 saturated heterocycles. The van der Waals surface area contributed by atoms with Gasteiger partial charge < -0.3 is 19.7 Å². The van der Waals surface area contributed by atoms with Crippen LogP contribution in [0.15, 0.2) is 54.6 Å². The normalized spacial score (nSPS) is 16.8. The number of nitrogens with one attached hydrogen (secondary N) is 1. The van der Waals surface area contributed by atoms with Gasteiger partial charge in [0.25, 0.3) is 11.8 Å². The molecule has 3 aromatic rings. The molecule has 0 fully saturated rings. The Kier molecular flexibility index (Phi) is 4.54. The lowest BCUT2D eigenvalue weighted by molar-refractivity contribution is -0.125. The molecule has 0 saturated carbocycles. The van der Waals surface area contributed by atoms with Crippen LogP contribution in [0.4, 0.5) is 11.4 Å². The zero-order valence-corrected chi connectivity index (χ0v) is 16.7. The van der Waals surface area contributed by atoms with E-state index in [1.54, 1.807) is 18.2 Å². The number of hydrogen-bond donors (Lipinski definition) is 1. The summed E-state index contributed by atoms with van der Waals surface area (Å²) in [5.74, 6) is 0.935. The molecule has 1 unspecified atom stereocenters. The second-order valence-corrected chi connectivity index (χ2v) is 7.52. The van der Waals surface area contributed by atoms with Gasteiger partial charge >= 0.3 is 0 Å². The third kappa shape index (κ3) is 2.96. The highest BCUT2D eigenvalue weighted by Crippen LogP contribution is 2.40. The summed E-state index contributed by atoms with van der Waals surface area (Å²) in [6.45, 7) is 2.95. The number of para-hydroxylation sites is 2. The number of benzene rings is 3. The quantitative estimate of drug-likeness (QED) is 0.688. The van der Waals surface area contributed by atoms with E-state index >= 15 is 0 Å². The first-order chi connectivity index (χ1) is 14.7. The van der Waals surface area contributed by atoms with Crippen LogP contribution in [-0.4, -0.2) is 31.1 Å². The monoisotopic (exact) mass is 402 g/mol. The predicted octanol–water partition coefficient (Wildman–Crippen LogP) is 4.38. The van der Waals surface area contributed by atoms with E-state index in [1.807, 2.05) is 41.3 Å². The number of carbonyl (C=O) groups excluding carboxylic acids is 2. The molecule has 5 rings (SSSR count). The van der Waals surface area contributed by atoms with Crippen LogP contribution in [0.1, 0.15) is 30.1 Å². The first-order valence-electron chi connectivity index (χ1n) is 10.2. The molecule has 0 bridgehead atoms. The molecule has 1 atom stereocenters. The van der Waals surface area contributed by atoms with E-state index < -0.39 is 6.10 Å². The molecule has 1 N–H and O–H groups in total. The fraction of sp³-hybridized carbons (Fsp3) is 0.250. The van der Waals surface area contributed by atoms with Gasteiger partial charge in [0.2, 0.25) is 6.10 Å². The van der Waals surface area contributed by atoms with Gasteiger partial charge in [-0.05, 0) is 36.8 Å². The minimum Gasteiger partial charge on any atom is -0.485 e. The molecule has 2 amide bonds. The van der Waals surface area contributed by atoms with Gasteiger partial charge in [-0.1, -0.05) is 37.6 Å². The Morgan fingerprint density at radius 3 is 2.77 bits per heavy atom. The summed E-state index contributed by atoms with van der Waals surface area (Å²) in [7, 11) is 0. The third-order valence-electron chi connectivity index (χ3n) is 5.58. The summed E-state index contributed by atoms with van der Waals surface area (Å²) in [6, 6.07) is 16.7. The zero-order chi connectivity index (χ0) is 20.7. The minimum absolute atomic E-state index is 0.0214. The molecule has 6 nitrogen and oxygen atoms in total. The Bertz CT molecular complexity index is 1160. The Hall–Kier alpha value is -3.54. The summed E-state index contributed by atoms with van der Waals surface area (Å²) in [5.41, 5.74) is 2.25. The molecular weight excluding hydrogens is 380 g/mol. The van der Waals surface area contributed by atoms with Crippen molar-refractivity contribution in [1.29, 1.82) is 0 Å². The molecule has 6 heteroatoms. The fourth-order valence-corrected chi connectivity index (χ4v) is 4.05. The van der Waals surface area contributed by atoms with Gasteiger partial charge in [0.05, 0.1) is 5.69 Å². The zero-order valence-electron chi connectivity index (χ0n) is 16.7. The standard InChI is InChI=1S/C24H22N2O4/c1-2-3-13-26-18-8-6-7-15-17(12-11-16(22(15)18)24(26)28)25-23(27)21-14-29-19-9-4-5-10-20(19)30-21/h4-12,21H,2-3,13-14H2,1H3,(H,25,27). The molecule has 30 heavy (non-hydrogen) atoms. The molecule has 3 aromatic carbocycles. The molecule has 2 aliphatic heterocycles. The number of fused-ring (bicyclic) bond motifs is 1. The van der Waals surface area contributed by atoms with Crippen LogP contribution in [0.3, 0.4) is 0 Å². The van der Waals surface area contributed by atoms with Crippen molar-refractivity contribution >= 4 is 34.0 Å². The topological polar surface area (TPSA) is 67.9 Å². The van der Waals surface area contributed by atoms with Crippen LogP contribution in [0.2, 0.25) is 0 Å². The van der Waals surface area contributed by atoms with Gasteiger partial charge in [-0.15, -0.1) is 0 Å². The molecule has 0 spiro atoms. The molecule has 0 aromatic heterocycles. The van der Waals surface area contributed by atoms with Gasteiger partial charge in [0.15, 0.2) is 11.5 Å².